The van der Waals surface area contributed by atoms with Crippen molar-refractivity contribution >= 4 is 40.8 Å². The molecule has 1 unspecified atom stereocenters. The van der Waals surface area contributed by atoms with E-state index < -0.39 is 16.9 Å². The van der Waals surface area contributed by atoms with Crippen molar-refractivity contribution in [2.24, 2.45) is 0 Å². The summed E-state index contributed by atoms with van der Waals surface area (Å²) in [6.07, 6.45) is 5.19. The topological polar surface area (TPSA) is 141 Å². The summed E-state index contributed by atoms with van der Waals surface area (Å²) in [5, 5.41) is 29.5. The number of carbonyl (C=O) groups excluding carboxylic acids is 2. The van der Waals surface area contributed by atoms with E-state index in [0.29, 0.717) is 5.02 Å². The number of nitro benzene ring substituents is 1. The Morgan fingerprint density at radius 2 is 1.59 bits per heavy atom. The molecule has 0 spiro atoms. The molecule has 0 fully saturated rings. The molecule has 29 heavy (non-hydrogen) atoms. The van der Waals surface area contributed by atoms with Gasteiger partial charge in [-0.05, 0) is 35.4 Å². The minimum atomic E-state index is -2.19. The number of benzene rings is 2. The first kappa shape index (κ1) is 21.9. The van der Waals surface area contributed by atoms with E-state index in [1.165, 1.54) is 6.07 Å². The van der Waals surface area contributed by atoms with Crippen LogP contribution >= 0.6 is 23.2 Å². The molecule has 1 atom stereocenters. The monoisotopic (exact) mass is 435 g/mol. The fraction of sp³-hybridized carbons (Fsp3) is 0.0556. The maximum absolute atomic E-state index is 10.9. The number of rotatable bonds is 4. The van der Waals surface area contributed by atoms with E-state index in [9.17, 15) is 10.1 Å². The van der Waals surface area contributed by atoms with Gasteiger partial charge in [-0.25, -0.2) is 4.98 Å². The van der Waals surface area contributed by atoms with E-state index in [4.69, 9.17) is 43.0 Å². The van der Waals surface area contributed by atoms with Crippen LogP contribution in [0.2, 0.25) is 10.0 Å². The lowest BCUT2D eigenvalue weighted by molar-refractivity contribution is -0.384. The predicted molar refractivity (Wildman–Crippen MR) is 99.0 cm³/mol. The van der Waals surface area contributed by atoms with Gasteiger partial charge >= 0.3 is 0 Å². The minimum Gasteiger partial charge on any atom is -0.543 e. The molecule has 0 aliphatic rings. The van der Waals surface area contributed by atoms with Gasteiger partial charge in [0.05, 0.1) is 29.2 Å². The first-order chi connectivity index (χ1) is 13.7. The normalized spacial score (nSPS) is 11.1. The molecule has 11 heteroatoms. The van der Waals surface area contributed by atoms with E-state index in [1.807, 2.05) is 22.9 Å². The molecule has 0 aliphatic heterocycles. The fourth-order valence-electron chi connectivity index (χ4n) is 2.45. The highest BCUT2D eigenvalue weighted by Crippen LogP contribution is 2.32. The molecule has 1 aromatic heterocycles. The van der Waals surface area contributed by atoms with Crippen LogP contribution in [0.4, 0.5) is 5.69 Å². The van der Waals surface area contributed by atoms with Crippen LogP contribution in [0.1, 0.15) is 17.2 Å². The van der Waals surface area contributed by atoms with Crippen LogP contribution < -0.4 is 10.2 Å². The molecule has 0 amide bonds. The number of imidazole rings is 1. The van der Waals surface area contributed by atoms with Gasteiger partial charge in [-0.2, -0.15) is 0 Å². The average Bonchev–Trinajstić information content (AvgIpc) is 3.18. The lowest BCUT2D eigenvalue weighted by atomic mass is 9.98. The van der Waals surface area contributed by atoms with Crippen molar-refractivity contribution in [3.8, 4) is 0 Å². The van der Waals surface area contributed by atoms with Crippen molar-refractivity contribution in [3.63, 3.8) is 0 Å². The quantitative estimate of drug-likeness (QED) is 0.340. The van der Waals surface area contributed by atoms with Crippen LogP contribution in [0.15, 0.2) is 61.2 Å². The van der Waals surface area contributed by atoms with Crippen molar-refractivity contribution in [1.29, 1.82) is 0 Å². The number of carboxylic acids is 2. The Bertz CT molecular complexity index is 1010. The standard InChI is InChI=1S/C16H11Cl2N3O2.C2H2O4/c17-13-4-1-11(2-5-13)16(20-8-7-19-10-20)12-3-6-15(21(22)23)14(18)9-12;3-1(4)2(5)6/h1-10,16H;(H,3,4)(H,5,6)/p-2. The summed E-state index contributed by atoms with van der Waals surface area (Å²) in [6, 6.07) is 11.9. The zero-order valence-corrected chi connectivity index (χ0v) is 15.9. The van der Waals surface area contributed by atoms with Crippen LogP contribution in [-0.4, -0.2) is 26.4 Å². The number of nitro groups is 1. The van der Waals surface area contributed by atoms with Crippen molar-refractivity contribution in [2.45, 2.75) is 6.04 Å². The molecule has 0 aliphatic carbocycles. The second kappa shape index (κ2) is 9.67. The molecule has 150 valence electrons. The van der Waals surface area contributed by atoms with Gasteiger partial charge < -0.3 is 24.4 Å². The molecule has 0 bridgehead atoms. The van der Waals surface area contributed by atoms with Gasteiger partial charge in [-0.15, -0.1) is 0 Å². The molecule has 1 heterocycles. The van der Waals surface area contributed by atoms with Gasteiger partial charge in [0.25, 0.3) is 5.69 Å². The van der Waals surface area contributed by atoms with Gasteiger partial charge in [-0.3, -0.25) is 10.1 Å². The second-order valence-electron chi connectivity index (χ2n) is 5.51. The number of carbonyl (C=O) groups is 2. The van der Waals surface area contributed by atoms with E-state index >= 15 is 0 Å². The number of hydrogen-bond donors (Lipinski definition) is 0. The summed E-state index contributed by atoms with van der Waals surface area (Å²) in [5.41, 5.74) is 1.68. The first-order valence-corrected chi connectivity index (χ1v) is 8.55. The summed E-state index contributed by atoms with van der Waals surface area (Å²) in [5.74, 6) is -4.37. The number of aromatic nitrogens is 2. The molecular formula is C18H11Cl2N3O6-2. The van der Waals surface area contributed by atoms with Crippen molar-refractivity contribution < 1.29 is 24.7 Å². The Morgan fingerprint density at radius 1 is 1.00 bits per heavy atom. The van der Waals surface area contributed by atoms with Crippen LogP contribution in [-0.2, 0) is 9.59 Å². The molecule has 9 nitrogen and oxygen atoms in total. The first-order valence-electron chi connectivity index (χ1n) is 7.79. The summed E-state index contributed by atoms with van der Waals surface area (Å²) < 4.78 is 1.90. The van der Waals surface area contributed by atoms with Crippen LogP contribution in [0, 0.1) is 10.1 Å². The minimum absolute atomic E-state index is 0.103. The lowest BCUT2D eigenvalue weighted by Gasteiger charge is -2.20. The highest BCUT2D eigenvalue weighted by Gasteiger charge is 2.20. The van der Waals surface area contributed by atoms with E-state index in [2.05, 4.69) is 4.98 Å². The molecule has 0 N–H and O–H groups in total. The highest BCUT2D eigenvalue weighted by atomic mass is 35.5. The zero-order valence-electron chi connectivity index (χ0n) is 14.4. The Balaban J connectivity index is 0.000000438. The van der Waals surface area contributed by atoms with Gasteiger partial charge in [0, 0.05) is 23.5 Å². The maximum atomic E-state index is 10.9. The van der Waals surface area contributed by atoms with E-state index in [-0.39, 0.29) is 16.8 Å². The highest BCUT2D eigenvalue weighted by molar-refractivity contribution is 6.32. The van der Waals surface area contributed by atoms with Crippen molar-refractivity contribution in [1.82, 2.24) is 9.55 Å². The average molecular weight is 436 g/mol. The lowest BCUT2D eigenvalue weighted by Crippen LogP contribution is -2.42. The Labute approximate surface area is 173 Å². The Hall–Kier alpha value is -3.43. The Morgan fingerprint density at radius 3 is 2.03 bits per heavy atom. The largest absolute Gasteiger partial charge is 0.543 e. The summed E-state index contributed by atoms with van der Waals surface area (Å²) in [6.45, 7) is 0. The third-order valence-electron chi connectivity index (χ3n) is 3.66. The number of aliphatic carboxylic acids is 2. The molecule has 0 saturated heterocycles. The summed E-state index contributed by atoms with van der Waals surface area (Å²) >= 11 is 12.0. The van der Waals surface area contributed by atoms with Gasteiger partial charge in [-0.1, -0.05) is 35.3 Å². The van der Waals surface area contributed by atoms with Crippen LogP contribution in [0.3, 0.4) is 0 Å². The third kappa shape index (κ3) is 5.77. The molecule has 2 aromatic carbocycles. The SMILES string of the molecule is O=C([O-])C(=O)[O-].O=[N+]([O-])c1ccc(C(c2ccc(Cl)cc2)n2ccnc2)cc1Cl. The number of hydrogen-bond acceptors (Lipinski definition) is 7. The number of halogens is 2. The molecular weight excluding hydrogens is 425 g/mol. The van der Waals surface area contributed by atoms with Gasteiger partial charge in [0.1, 0.15) is 5.02 Å². The van der Waals surface area contributed by atoms with Gasteiger partial charge in [0.2, 0.25) is 0 Å². The molecule has 3 aromatic rings. The van der Waals surface area contributed by atoms with Crippen LogP contribution in [0.5, 0.6) is 0 Å². The Kier molecular flexibility index (Phi) is 7.29. The smallest absolute Gasteiger partial charge is 0.287 e. The molecule has 0 saturated carbocycles. The van der Waals surface area contributed by atoms with Gasteiger partial charge in [0.15, 0.2) is 0 Å². The number of carboxylic acid groups (broad SMARTS) is 2. The van der Waals surface area contributed by atoms with E-state index in [0.717, 1.165) is 11.1 Å². The van der Waals surface area contributed by atoms with Crippen LogP contribution in [0.25, 0.3) is 0 Å². The van der Waals surface area contributed by atoms with Crippen molar-refractivity contribution in [3.05, 3.63) is 92.5 Å². The maximum Gasteiger partial charge on any atom is 0.287 e. The van der Waals surface area contributed by atoms with E-state index in [1.54, 1.807) is 36.8 Å². The molecule has 3 rings (SSSR count). The third-order valence-corrected chi connectivity index (χ3v) is 4.21. The fourth-order valence-corrected chi connectivity index (χ4v) is 2.83. The summed E-state index contributed by atoms with van der Waals surface area (Å²) in [4.78, 5) is 32.4. The second-order valence-corrected chi connectivity index (χ2v) is 6.35. The zero-order chi connectivity index (χ0) is 21.6. The predicted octanol–water partition coefficient (Wildman–Crippen LogP) is 1.22. The van der Waals surface area contributed by atoms with Crippen molar-refractivity contribution in [2.75, 3.05) is 0 Å². The summed E-state index contributed by atoms with van der Waals surface area (Å²) in [7, 11) is 0. The molecule has 0 radical (unpaired) electrons. The number of nitrogens with zero attached hydrogens (tertiary/aromatic N) is 3.